The van der Waals surface area contributed by atoms with Crippen LogP contribution in [0.4, 0.5) is 18.9 Å². The lowest BCUT2D eigenvalue weighted by Gasteiger charge is -2.31. The molecule has 2 radical (unpaired) electrons. The number of aliphatic hydroxyl groups excluding tert-OH is 1. The van der Waals surface area contributed by atoms with E-state index in [9.17, 15) is 18.0 Å². The molecule has 2 heterocycles. The maximum Gasteiger partial charge on any atom is 0.417 e. The normalized spacial score (nSPS) is 31.1. The number of ether oxygens (including phenoxy) is 1. The first-order valence-corrected chi connectivity index (χ1v) is 7.63. The SMILES string of the molecule is C[C@@H]1[C@H]([Al])[C@@H](C(=O)Nc2ccc(CO)nc2)O[C@]1(C)C(F)(F)F. The fourth-order valence-corrected chi connectivity index (χ4v) is 3.06. The minimum Gasteiger partial charge on any atom is -0.390 e. The molecule has 5 nitrogen and oxygen atoms in total. The number of halogens is 3. The van der Waals surface area contributed by atoms with E-state index in [-0.39, 0.29) is 6.61 Å². The van der Waals surface area contributed by atoms with Gasteiger partial charge in [-0.1, -0.05) is 11.7 Å². The average molecular weight is 344 g/mol. The summed E-state index contributed by atoms with van der Waals surface area (Å²) in [6.07, 6.45) is -4.48. The molecule has 0 unspecified atom stereocenters. The molecule has 2 N–H and O–H groups in total. The van der Waals surface area contributed by atoms with Crippen molar-refractivity contribution in [3.05, 3.63) is 24.0 Å². The number of aromatic nitrogens is 1. The number of anilines is 1. The Morgan fingerprint density at radius 1 is 1.52 bits per heavy atom. The van der Waals surface area contributed by atoms with E-state index in [4.69, 9.17) is 9.84 Å². The van der Waals surface area contributed by atoms with Crippen molar-refractivity contribution in [2.45, 2.75) is 43.1 Å². The summed E-state index contributed by atoms with van der Waals surface area (Å²) in [5, 5.41) is 11.4. The van der Waals surface area contributed by atoms with Crippen LogP contribution in [0, 0.1) is 5.92 Å². The Kier molecular flexibility index (Phi) is 5.07. The van der Waals surface area contributed by atoms with Crippen LogP contribution in [-0.2, 0) is 16.1 Å². The van der Waals surface area contributed by atoms with E-state index in [1.165, 1.54) is 25.3 Å². The van der Waals surface area contributed by atoms with Gasteiger partial charge in [0.15, 0.2) is 5.60 Å². The summed E-state index contributed by atoms with van der Waals surface area (Å²) >= 11 is 2.27. The van der Waals surface area contributed by atoms with Crippen LogP contribution in [0.15, 0.2) is 18.3 Å². The highest BCUT2D eigenvalue weighted by Crippen LogP contribution is 2.51. The van der Waals surface area contributed by atoms with Crippen molar-refractivity contribution >= 4 is 27.9 Å². The minimum absolute atomic E-state index is 0.241. The molecule has 0 bridgehead atoms. The highest BCUT2D eigenvalue weighted by atomic mass is 27.0. The molecule has 2 rings (SSSR count). The number of hydrogen-bond acceptors (Lipinski definition) is 4. The first-order chi connectivity index (χ1) is 10.6. The number of nitrogens with one attached hydrogen (secondary N) is 1. The summed E-state index contributed by atoms with van der Waals surface area (Å²) in [4.78, 5) is 16.1. The summed E-state index contributed by atoms with van der Waals surface area (Å²) in [6, 6.07) is 3.02. The highest BCUT2D eigenvalue weighted by molar-refractivity contribution is 6.15. The van der Waals surface area contributed by atoms with E-state index in [0.29, 0.717) is 11.4 Å². The molecule has 1 aliphatic heterocycles. The number of alkyl halides is 3. The number of aliphatic hydroxyl groups is 1. The predicted molar refractivity (Wildman–Crippen MR) is 76.8 cm³/mol. The molecular formula is C14H16AlF3N2O3. The van der Waals surface area contributed by atoms with Crippen molar-refractivity contribution in [3.8, 4) is 0 Å². The van der Waals surface area contributed by atoms with Gasteiger partial charge in [0, 0.05) is 0 Å². The lowest BCUT2D eigenvalue weighted by Crippen LogP contribution is -2.47. The van der Waals surface area contributed by atoms with Gasteiger partial charge in [0.2, 0.25) is 0 Å². The van der Waals surface area contributed by atoms with E-state index < -0.39 is 34.5 Å². The second-order valence-electron chi connectivity index (χ2n) is 5.69. The van der Waals surface area contributed by atoms with Gasteiger partial charge >= 0.3 is 6.18 Å². The monoisotopic (exact) mass is 344 g/mol. The second-order valence-corrected chi connectivity index (χ2v) is 6.46. The first-order valence-electron chi connectivity index (χ1n) is 6.97. The van der Waals surface area contributed by atoms with Gasteiger partial charge in [-0.3, -0.25) is 9.78 Å². The standard InChI is InChI=1S/C14H16F3N2O3.Al/c1-8-5-11(22-13(8,2)14(15,16)17)12(21)19-9-3-4-10(7-20)18-6-9;/h3-6,8,11,20H,7H2,1-2H3,(H,19,21);/t8-,11+,13+;/m1./s1. The molecule has 0 spiro atoms. The number of nitrogens with zero attached hydrogens (tertiary/aromatic N) is 1. The number of carbonyl (C=O) groups excluding carboxylic acids is 1. The smallest absolute Gasteiger partial charge is 0.390 e. The quantitative estimate of drug-likeness (QED) is 0.821. The Labute approximate surface area is 139 Å². The van der Waals surface area contributed by atoms with Crippen molar-refractivity contribution in [1.29, 1.82) is 0 Å². The first kappa shape index (κ1) is 18.2. The van der Waals surface area contributed by atoms with E-state index >= 15 is 0 Å². The molecule has 1 aromatic rings. The molecule has 9 heteroatoms. The highest BCUT2D eigenvalue weighted by Gasteiger charge is 2.63. The van der Waals surface area contributed by atoms with Crippen molar-refractivity contribution in [3.63, 3.8) is 0 Å². The summed E-state index contributed by atoms with van der Waals surface area (Å²) < 4.78 is 44.1. The maximum absolute atomic E-state index is 13.2. The molecule has 1 fully saturated rings. The van der Waals surface area contributed by atoms with Crippen molar-refractivity contribution in [2.75, 3.05) is 5.32 Å². The Hall–Kier alpha value is -1.14. The van der Waals surface area contributed by atoms with Crippen molar-refractivity contribution in [1.82, 2.24) is 4.98 Å². The summed E-state index contributed by atoms with van der Waals surface area (Å²) in [5.74, 6) is -1.55. The van der Waals surface area contributed by atoms with E-state index in [1.54, 1.807) is 0 Å². The molecule has 1 saturated heterocycles. The zero-order chi connectivity index (χ0) is 17.4. The largest absolute Gasteiger partial charge is 0.417 e. The molecule has 1 aliphatic rings. The molecule has 0 saturated carbocycles. The Morgan fingerprint density at radius 3 is 2.61 bits per heavy atom. The fraction of sp³-hybridized carbons (Fsp3) is 0.571. The topological polar surface area (TPSA) is 71.5 Å². The van der Waals surface area contributed by atoms with Gasteiger partial charge in [-0.15, -0.1) is 0 Å². The van der Waals surface area contributed by atoms with E-state index in [0.717, 1.165) is 6.92 Å². The number of rotatable bonds is 3. The lowest BCUT2D eigenvalue weighted by molar-refractivity contribution is -0.272. The van der Waals surface area contributed by atoms with E-state index in [1.807, 2.05) is 0 Å². The van der Waals surface area contributed by atoms with Gasteiger partial charge in [-0.2, -0.15) is 13.2 Å². The number of hydrogen-bond donors (Lipinski definition) is 2. The molecule has 0 aromatic carbocycles. The fourth-order valence-electron chi connectivity index (χ4n) is 2.44. The lowest BCUT2D eigenvalue weighted by atomic mass is 9.88. The van der Waals surface area contributed by atoms with Crippen LogP contribution >= 0.6 is 0 Å². The van der Waals surface area contributed by atoms with Crippen LogP contribution < -0.4 is 5.32 Å². The van der Waals surface area contributed by atoms with Crippen LogP contribution in [0.1, 0.15) is 19.5 Å². The molecule has 1 amide bonds. The molecule has 23 heavy (non-hydrogen) atoms. The number of carbonyl (C=O) groups is 1. The number of amides is 1. The minimum atomic E-state index is -4.57. The van der Waals surface area contributed by atoms with Gasteiger partial charge in [0.05, 0.1) is 24.2 Å². The Bertz CT molecular complexity index is 582. The van der Waals surface area contributed by atoms with E-state index in [2.05, 4.69) is 26.6 Å². The maximum atomic E-state index is 13.2. The molecular weight excluding hydrogens is 328 g/mol. The summed E-state index contributed by atoms with van der Waals surface area (Å²) in [5.41, 5.74) is -1.64. The Morgan fingerprint density at radius 2 is 2.17 bits per heavy atom. The predicted octanol–water partition coefficient (Wildman–Crippen LogP) is 1.83. The van der Waals surface area contributed by atoms with Crippen LogP contribution in [0.25, 0.3) is 0 Å². The number of pyridine rings is 1. The van der Waals surface area contributed by atoms with Crippen LogP contribution in [0.5, 0.6) is 0 Å². The average Bonchev–Trinajstić information content (AvgIpc) is 2.73. The third-order valence-electron chi connectivity index (χ3n) is 4.24. The summed E-state index contributed by atoms with van der Waals surface area (Å²) in [7, 11) is 0. The molecule has 124 valence electrons. The molecule has 1 aromatic heterocycles. The van der Waals surface area contributed by atoms with Gasteiger partial charge in [-0.05, 0) is 25.0 Å². The molecule has 4 atom stereocenters. The van der Waals surface area contributed by atoms with Crippen LogP contribution in [0.2, 0.25) is 4.78 Å². The van der Waals surface area contributed by atoms with Crippen LogP contribution in [0.3, 0.4) is 0 Å². The van der Waals surface area contributed by atoms with Crippen molar-refractivity contribution < 1.29 is 27.8 Å². The zero-order valence-electron chi connectivity index (χ0n) is 12.6. The summed E-state index contributed by atoms with van der Waals surface area (Å²) in [6.45, 7) is 2.13. The van der Waals surface area contributed by atoms with Crippen molar-refractivity contribution in [2.24, 2.45) is 5.92 Å². The Balaban J connectivity index is 2.13. The van der Waals surface area contributed by atoms with Crippen LogP contribution in [-0.4, -0.2) is 50.2 Å². The second kappa shape index (κ2) is 6.40. The third kappa shape index (κ3) is 3.38. The van der Waals surface area contributed by atoms with Gasteiger partial charge in [-0.25, -0.2) is 0 Å². The molecule has 0 aliphatic carbocycles. The van der Waals surface area contributed by atoms with Gasteiger partial charge in [0.1, 0.15) is 22.4 Å². The zero-order valence-corrected chi connectivity index (χ0v) is 13.7. The third-order valence-corrected chi connectivity index (χ3v) is 5.17. The van der Waals surface area contributed by atoms with Gasteiger partial charge in [0.25, 0.3) is 5.91 Å². The van der Waals surface area contributed by atoms with Gasteiger partial charge < -0.3 is 15.2 Å².